The first-order valence-corrected chi connectivity index (χ1v) is 8.25. The van der Waals surface area contributed by atoms with Crippen LogP contribution in [0.1, 0.15) is 18.5 Å². The van der Waals surface area contributed by atoms with Crippen molar-refractivity contribution >= 4 is 52.0 Å². The number of hydrogen-bond acceptors (Lipinski definition) is 3. The van der Waals surface area contributed by atoms with Gasteiger partial charge in [-0.2, -0.15) is 0 Å². The molecule has 1 atom stereocenters. The van der Waals surface area contributed by atoms with E-state index >= 15 is 0 Å². The van der Waals surface area contributed by atoms with Crippen LogP contribution in [0.3, 0.4) is 0 Å². The maximum atomic E-state index is 6.14. The molecule has 1 aromatic carbocycles. The second kappa shape index (κ2) is 6.20. The van der Waals surface area contributed by atoms with Crippen LogP contribution in [0, 0.1) is 0 Å². The van der Waals surface area contributed by atoms with Gasteiger partial charge in [0.2, 0.25) is 0 Å². The van der Waals surface area contributed by atoms with E-state index in [9.17, 15) is 0 Å². The van der Waals surface area contributed by atoms with Crippen LogP contribution in [0.15, 0.2) is 35.2 Å². The molecule has 0 fully saturated rings. The standard InChI is InChI=1S/C13H13Cl2NS2/c1-8(11-7-12(14)18-13(11)15)16-9-3-5-10(17-2)6-4-9/h3-8,16H,1-2H3. The van der Waals surface area contributed by atoms with Crippen molar-refractivity contribution in [2.24, 2.45) is 0 Å². The molecule has 1 N–H and O–H groups in total. The van der Waals surface area contributed by atoms with Crippen LogP contribution >= 0.6 is 46.3 Å². The summed E-state index contributed by atoms with van der Waals surface area (Å²) in [4.78, 5) is 1.25. The number of nitrogens with one attached hydrogen (secondary N) is 1. The maximum absolute atomic E-state index is 6.14. The second-order valence-corrected chi connectivity index (χ2v) is 7.04. The van der Waals surface area contributed by atoms with Crippen molar-refractivity contribution in [2.45, 2.75) is 17.9 Å². The van der Waals surface area contributed by atoms with E-state index in [-0.39, 0.29) is 6.04 Å². The number of halogens is 2. The first kappa shape index (κ1) is 14.1. The van der Waals surface area contributed by atoms with Crippen LogP contribution in [0.4, 0.5) is 5.69 Å². The summed E-state index contributed by atoms with van der Waals surface area (Å²) >= 11 is 15.2. The third kappa shape index (κ3) is 3.35. The molecule has 0 bridgehead atoms. The fourth-order valence-corrected chi connectivity index (χ4v) is 3.72. The summed E-state index contributed by atoms with van der Waals surface area (Å²) in [5, 5.41) is 3.42. The molecule has 1 heterocycles. The molecule has 0 saturated heterocycles. The topological polar surface area (TPSA) is 12.0 Å². The fraction of sp³-hybridized carbons (Fsp3) is 0.231. The van der Waals surface area contributed by atoms with Crippen LogP contribution in [0.5, 0.6) is 0 Å². The molecule has 2 aromatic rings. The SMILES string of the molecule is CSc1ccc(NC(C)c2cc(Cl)sc2Cl)cc1. The van der Waals surface area contributed by atoms with E-state index < -0.39 is 0 Å². The molecular weight excluding hydrogens is 305 g/mol. The Bertz CT molecular complexity index is 522. The summed E-state index contributed by atoms with van der Waals surface area (Å²) < 4.78 is 1.47. The Morgan fingerprint density at radius 1 is 1.22 bits per heavy atom. The Morgan fingerprint density at radius 3 is 2.39 bits per heavy atom. The van der Waals surface area contributed by atoms with Crippen LogP contribution in [-0.2, 0) is 0 Å². The number of hydrogen-bond donors (Lipinski definition) is 1. The summed E-state index contributed by atoms with van der Waals surface area (Å²) in [6.45, 7) is 2.08. The molecule has 0 radical (unpaired) electrons. The van der Waals surface area contributed by atoms with E-state index in [1.165, 1.54) is 16.2 Å². The minimum Gasteiger partial charge on any atom is -0.378 e. The van der Waals surface area contributed by atoms with E-state index in [1.54, 1.807) is 11.8 Å². The molecule has 0 aliphatic heterocycles. The Morgan fingerprint density at radius 2 is 1.89 bits per heavy atom. The quantitative estimate of drug-likeness (QED) is 0.699. The van der Waals surface area contributed by atoms with Crippen molar-refractivity contribution in [1.82, 2.24) is 0 Å². The lowest BCUT2D eigenvalue weighted by Crippen LogP contribution is -2.05. The van der Waals surface area contributed by atoms with Gasteiger partial charge in [-0.1, -0.05) is 23.2 Å². The van der Waals surface area contributed by atoms with Gasteiger partial charge >= 0.3 is 0 Å². The summed E-state index contributed by atoms with van der Waals surface area (Å²) in [6.07, 6.45) is 2.07. The van der Waals surface area contributed by atoms with Gasteiger partial charge < -0.3 is 5.32 Å². The third-order valence-electron chi connectivity index (χ3n) is 2.62. The molecule has 2 rings (SSSR count). The highest BCUT2D eigenvalue weighted by Gasteiger charge is 2.13. The molecule has 1 nitrogen and oxygen atoms in total. The van der Waals surface area contributed by atoms with Gasteiger partial charge in [-0.25, -0.2) is 0 Å². The number of rotatable bonds is 4. The van der Waals surface area contributed by atoms with Crippen molar-refractivity contribution < 1.29 is 0 Å². The first-order chi connectivity index (χ1) is 8.60. The van der Waals surface area contributed by atoms with E-state index in [2.05, 4.69) is 42.8 Å². The highest BCUT2D eigenvalue weighted by molar-refractivity contribution is 7.98. The van der Waals surface area contributed by atoms with Gasteiger partial charge in [0.15, 0.2) is 0 Å². The lowest BCUT2D eigenvalue weighted by molar-refractivity contribution is 0.890. The summed E-state index contributed by atoms with van der Waals surface area (Å²) in [7, 11) is 0. The predicted octanol–water partition coefficient (Wildman–Crippen LogP) is 5.95. The zero-order chi connectivity index (χ0) is 13.1. The molecule has 0 amide bonds. The lowest BCUT2D eigenvalue weighted by Gasteiger charge is -2.15. The molecule has 0 saturated carbocycles. The molecule has 1 aromatic heterocycles. The molecule has 0 spiro atoms. The zero-order valence-corrected chi connectivity index (χ0v) is 13.2. The molecule has 18 heavy (non-hydrogen) atoms. The fourth-order valence-electron chi connectivity index (χ4n) is 1.66. The Labute approximate surface area is 126 Å². The highest BCUT2D eigenvalue weighted by atomic mass is 35.5. The predicted molar refractivity (Wildman–Crippen MR) is 84.6 cm³/mol. The Kier molecular flexibility index (Phi) is 4.84. The van der Waals surface area contributed by atoms with E-state index in [0.29, 0.717) is 0 Å². The smallest absolute Gasteiger partial charge is 0.0996 e. The number of thiophene rings is 1. The van der Waals surface area contributed by atoms with Crippen molar-refractivity contribution in [3.63, 3.8) is 0 Å². The van der Waals surface area contributed by atoms with Crippen molar-refractivity contribution in [3.05, 3.63) is 44.6 Å². The van der Waals surface area contributed by atoms with Crippen molar-refractivity contribution in [1.29, 1.82) is 0 Å². The third-order valence-corrected chi connectivity index (χ3v) is 4.88. The number of anilines is 1. The molecule has 1 unspecified atom stereocenters. The number of benzene rings is 1. The molecule has 0 aliphatic carbocycles. The van der Waals surface area contributed by atoms with Crippen LogP contribution in [0.2, 0.25) is 8.67 Å². The Hall–Kier alpha value is -0.350. The highest BCUT2D eigenvalue weighted by Crippen LogP contribution is 2.36. The maximum Gasteiger partial charge on any atom is 0.0996 e. The van der Waals surface area contributed by atoms with Gasteiger partial charge in [0.05, 0.1) is 14.7 Å². The average Bonchev–Trinajstić information content (AvgIpc) is 2.69. The van der Waals surface area contributed by atoms with Gasteiger partial charge in [-0.05, 0) is 43.5 Å². The van der Waals surface area contributed by atoms with Crippen LogP contribution in [0.25, 0.3) is 0 Å². The second-order valence-electron chi connectivity index (χ2n) is 3.87. The summed E-state index contributed by atoms with van der Waals surface area (Å²) in [5.41, 5.74) is 2.12. The minimum absolute atomic E-state index is 0.140. The van der Waals surface area contributed by atoms with Crippen molar-refractivity contribution in [3.8, 4) is 0 Å². The molecule has 5 heteroatoms. The summed E-state index contributed by atoms with van der Waals surface area (Å²) in [6, 6.07) is 10.4. The Balaban J connectivity index is 2.10. The normalized spacial score (nSPS) is 12.4. The van der Waals surface area contributed by atoms with Crippen LogP contribution in [-0.4, -0.2) is 6.26 Å². The van der Waals surface area contributed by atoms with E-state index in [0.717, 1.165) is 19.9 Å². The van der Waals surface area contributed by atoms with Crippen LogP contribution < -0.4 is 5.32 Å². The van der Waals surface area contributed by atoms with E-state index in [4.69, 9.17) is 23.2 Å². The van der Waals surface area contributed by atoms with Gasteiger partial charge in [-0.3, -0.25) is 0 Å². The van der Waals surface area contributed by atoms with E-state index in [1.807, 2.05) is 6.07 Å². The monoisotopic (exact) mass is 317 g/mol. The van der Waals surface area contributed by atoms with Gasteiger partial charge in [0.25, 0.3) is 0 Å². The van der Waals surface area contributed by atoms with Gasteiger partial charge in [-0.15, -0.1) is 23.1 Å². The molecule has 96 valence electrons. The lowest BCUT2D eigenvalue weighted by atomic mass is 10.1. The van der Waals surface area contributed by atoms with Gasteiger partial charge in [0, 0.05) is 16.1 Å². The molecular formula is C13H13Cl2NS2. The number of thioether (sulfide) groups is 1. The van der Waals surface area contributed by atoms with Crippen molar-refractivity contribution in [2.75, 3.05) is 11.6 Å². The zero-order valence-electron chi connectivity index (χ0n) is 10.0. The largest absolute Gasteiger partial charge is 0.378 e. The van der Waals surface area contributed by atoms with Gasteiger partial charge in [0.1, 0.15) is 0 Å². The minimum atomic E-state index is 0.140. The molecule has 0 aliphatic rings. The average molecular weight is 318 g/mol. The summed E-state index contributed by atoms with van der Waals surface area (Å²) in [5.74, 6) is 0. The first-order valence-electron chi connectivity index (χ1n) is 5.45.